The fraction of sp³-hybridized carbons (Fsp3) is 0.438. The molecule has 3 aliphatic rings. The third-order valence-corrected chi connectivity index (χ3v) is 5.06. The average molecular weight is 285 g/mol. The van der Waals surface area contributed by atoms with E-state index >= 15 is 0 Å². The van der Waals surface area contributed by atoms with Gasteiger partial charge in [-0.25, -0.2) is 0 Å². The van der Waals surface area contributed by atoms with Crippen LogP contribution in [0.4, 0.5) is 5.82 Å². The Morgan fingerprint density at radius 1 is 1.38 bits per heavy atom. The predicted molar refractivity (Wildman–Crippen MR) is 81.7 cm³/mol. The molecule has 0 aliphatic carbocycles. The fourth-order valence-electron chi connectivity index (χ4n) is 3.98. The number of rotatable bonds is 2. The summed E-state index contributed by atoms with van der Waals surface area (Å²) in [4.78, 5) is 13.6. The minimum Gasteiger partial charge on any atom is -0.480 e. The molecule has 2 bridgehead atoms. The van der Waals surface area contributed by atoms with E-state index in [0.717, 1.165) is 13.1 Å². The highest BCUT2D eigenvalue weighted by Crippen LogP contribution is 2.47. The summed E-state index contributed by atoms with van der Waals surface area (Å²) in [7, 11) is 2.10. The van der Waals surface area contributed by atoms with Crippen LogP contribution in [0.15, 0.2) is 18.2 Å². The number of carboxylic acid groups (broad SMARTS) is 1. The van der Waals surface area contributed by atoms with Crippen LogP contribution < -0.4 is 10.6 Å². The van der Waals surface area contributed by atoms with E-state index in [4.69, 9.17) is 10.8 Å². The summed E-state index contributed by atoms with van der Waals surface area (Å²) in [6, 6.07) is 4.87. The number of carboxylic acids is 1. The first kappa shape index (κ1) is 12.7. The summed E-state index contributed by atoms with van der Waals surface area (Å²) in [5, 5.41) is 10.3. The molecule has 1 saturated heterocycles. The van der Waals surface area contributed by atoms with Crippen molar-refractivity contribution in [3.05, 3.63) is 29.3 Å². The Bertz CT molecular complexity index is 742. The molecule has 1 aromatic carbocycles. The van der Waals surface area contributed by atoms with Crippen molar-refractivity contribution >= 4 is 22.7 Å². The summed E-state index contributed by atoms with van der Waals surface area (Å²) >= 11 is 0. The summed E-state index contributed by atoms with van der Waals surface area (Å²) in [6.45, 7) is 2.26. The number of aromatic nitrogens is 1. The van der Waals surface area contributed by atoms with Crippen molar-refractivity contribution in [2.45, 2.75) is 24.8 Å². The van der Waals surface area contributed by atoms with Crippen LogP contribution in [0.3, 0.4) is 0 Å². The Hall–Kier alpha value is -2.01. The SMILES string of the molecule is Cn1c2c(c3cc(C(N)C(=O)O)ccc31)C1CCN2CC1. The van der Waals surface area contributed by atoms with Gasteiger partial charge in [0, 0.05) is 36.6 Å². The second-order valence-electron chi connectivity index (χ2n) is 6.15. The predicted octanol–water partition coefficient (Wildman–Crippen LogP) is 1.96. The monoisotopic (exact) mass is 285 g/mol. The molecule has 1 fully saturated rings. The first-order chi connectivity index (χ1) is 10.1. The number of benzene rings is 1. The van der Waals surface area contributed by atoms with Gasteiger partial charge in [0.1, 0.15) is 11.9 Å². The van der Waals surface area contributed by atoms with Gasteiger partial charge in [-0.05, 0) is 36.5 Å². The quantitative estimate of drug-likeness (QED) is 0.885. The summed E-state index contributed by atoms with van der Waals surface area (Å²) < 4.78 is 2.24. The van der Waals surface area contributed by atoms with Gasteiger partial charge in [0.15, 0.2) is 0 Å². The van der Waals surface area contributed by atoms with Gasteiger partial charge in [-0.15, -0.1) is 0 Å². The van der Waals surface area contributed by atoms with Gasteiger partial charge in [-0.1, -0.05) is 6.07 Å². The van der Waals surface area contributed by atoms with Crippen molar-refractivity contribution in [1.29, 1.82) is 0 Å². The Kier molecular flexibility index (Phi) is 2.57. The molecule has 1 unspecified atom stereocenters. The Morgan fingerprint density at radius 2 is 2.10 bits per heavy atom. The normalized spacial score (nSPS) is 19.0. The number of carbonyl (C=O) groups is 1. The van der Waals surface area contributed by atoms with Crippen LogP contribution in [0.2, 0.25) is 0 Å². The van der Waals surface area contributed by atoms with E-state index in [9.17, 15) is 4.79 Å². The second kappa shape index (κ2) is 4.24. The highest BCUT2D eigenvalue weighted by atomic mass is 16.4. The zero-order valence-corrected chi connectivity index (χ0v) is 12.0. The van der Waals surface area contributed by atoms with Crippen LogP contribution in [0.5, 0.6) is 0 Å². The van der Waals surface area contributed by atoms with E-state index in [1.54, 1.807) is 0 Å². The number of hydrogen-bond acceptors (Lipinski definition) is 3. The lowest BCUT2D eigenvalue weighted by molar-refractivity contribution is -0.138. The second-order valence-corrected chi connectivity index (χ2v) is 6.15. The van der Waals surface area contributed by atoms with Gasteiger partial charge < -0.3 is 20.3 Å². The molecule has 110 valence electrons. The van der Waals surface area contributed by atoms with E-state index in [0.29, 0.717) is 11.5 Å². The molecular formula is C16H19N3O2. The lowest BCUT2D eigenvalue weighted by Crippen LogP contribution is -2.39. The number of aliphatic carboxylic acids is 1. The molecule has 0 amide bonds. The van der Waals surface area contributed by atoms with E-state index in [2.05, 4.69) is 16.5 Å². The molecule has 5 rings (SSSR count). The zero-order valence-electron chi connectivity index (χ0n) is 12.0. The molecule has 3 aliphatic heterocycles. The van der Waals surface area contributed by atoms with Gasteiger partial charge in [-0.2, -0.15) is 0 Å². The zero-order chi connectivity index (χ0) is 14.7. The number of nitrogens with zero attached hydrogens (tertiary/aromatic N) is 2. The molecule has 0 saturated carbocycles. The molecule has 0 radical (unpaired) electrons. The van der Waals surface area contributed by atoms with Crippen molar-refractivity contribution in [2.75, 3.05) is 18.0 Å². The molecule has 0 spiro atoms. The van der Waals surface area contributed by atoms with Crippen LogP contribution >= 0.6 is 0 Å². The minimum absolute atomic E-state index is 0.602. The Labute approximate surface area is 122 Å². The van der Waals surface area contributed by atoms with E-state index in [1.807, 2.05) is 18.2 Å². The van der Waals surface area contributed by atoms with Crippen LogP contribution in [-0.2, 0) is 11.8 Å². The lowest BCUT2D eigenvalue weighted by atomic mass is 9.84. The van der Waals surface area contributed by atoms with Crippen molar-refractivity contribution in [3.63, 3.8) is 0 Å². The third-order valence-electron chi connectivity index (χ3n) is 5.06. The Balaban J connectivity index is 1.96. The number of anilines is 1. The standard InChI is InChI=1S/C16H19N3O2/c1-18-12-3-2-10(14(17)16(20)21)8-11(12)13-9-4-6-19(7-5-9)15(13)18/h2-3,8-9,14H,4-7,17H2,1H3,(H,20,21). The highest BCUT2D eigenvalue weighted by Gasteiger charge is 2.35. The van der Waals surface area contributed by atoms with E-state index in [1.165, 1.54) is 35.1 Å². The number of hydrogen-bond donors (Lipinski definition) is 2. The number of fused-ring (bicyclic) bond motifs is 3. The maximum atomic E-state index is 11.1. The van der Waals surface area contributed by atoms with Crippen molar-refractivity contribution in [1.82, 2.24) is 4.57 Å². The molecular weight excluding hydrogens is 266 g/mol. The smallest absolute Gasteiger partial charge is 0.325 e. The van der Waals surface area contributed by atoms with Crippen LogP contribution in [0.1, 0.15) is 35.9 Å². The number of piperidine rings is 1. The summed E-state index contributed by atoms with van der Waals surface area (Å²) in [5.41, 5.74) is 9.01. The largest absolute Gasteiger partial charge is 0.480 e. The molecule has 1 atom stereocenters. The van der Waals surface area contributed by atoms with Gasteiger partial charge >= 0.3 is 5.97 Å². The van der Waals surface area contributed by atoms with E-state index < -0.39 is 12.0 Å². The number of nitrogens with two attached hydrogens (primary N) is 1. The summed E-state index contributed by atoms with van der Waals surface area (Å²) in [5.74, 6) is 0.933. The molecule has 21 heavy (non-hydrogen) atoms. The third kappa shape index (κ3) is 1.64. The molecule has 3 N–H and O–H groups in total. The van der Waals surface area contributed by atoms with E-state index in [-0.39, 0.29) is 0 Å². The van der Waals surface area contributed by atoms with Crippen LogP contribution in [0.25, 0.3) is 10.9 Å². The molecule has 2 aromatic rings. The van der Waals surface area contributed by atoms with Gasteiger partial charge in [0.2, 0.25) is 0 Å². The van der Waals surface area contributed by atoms with Crippen LogP contribution in [0, 0.1) is 0 Å². The average Bonchev–Trinajstić information content (AvgIpc) is 2.83. The van der Waals surface area contributed by atoms with Gasteiger partial charge in [0.05, 0.1) is 0 Å². The van der Waals surface area contributed by atoms with Crippen molar-refractivity contribution in [2.24, 2.45) is 12.8 Å². The topological polar surface area (TPSA) is 71.5 Å². The van der Waals surface area contributed by atoms with Crippen LogP contribution in [-0.4, -0.2) is 28.7 Å². The Morgan fingerprint density at radius 3 is 2.76 bits per heavy atom. The molecule has 4 heterocycles. The minimum atomic E-state index is -0.982. The van der Waals surface area contributed by atoms with Crippen molar-refractivity contribution < 1.29 is 9.90 Å². The molecule has 5 nitrogen and oxygen atoms in total. The van der Waals surface area contributed by atoms with Gasteiger partial charge in [0.25, 0.3) is 0 Å². The van der Waals surface area contributed by atoms with Crippen molar-refractivity contribution in [3.8, 4) is 0 Å². The van der Waals surface area contributed by atoms with Gasteiger partial charge in [-0.3, -0.25) is 4.79 Å². The highest BCUT2D eigenvalue weighted by molar-refractivity contribution is 5.93. The summed E-state index contributed by atoms with van der Waals surface area (Å²) in [6.07, 6.45) is 2.39. The number of aryl methyl sites for hydroxylation is 1. The molecule has 1 aromatic heterocycles. The molecule has 5 heteroatoms. The first-order valence-electron chi connectivity index (χ1n) is 7.43. The maximum Gasteiger partial charge on any atom is 0.325 e. The first-order valence-corrected chi connectivity index (χ1v) is 7.43. The lowest BCUT2D eigenvalue weighted by Gasteiger charge is -2.41. The fourth-order valence-corrected chi connectivity index (χ4v) is 3.98. The maximum absolute atomic E-state index is 11.1.